The fourth-order valence-corrected chi connectivity index (χ4v) is 5.19. The zero-order valence-corrected chi connectivity index (χ0v) is 18.9. The average Bonchev–Trinajstić information content (AvgIpc) is 3.14. The molecule has 5 rings (SSSR count). The molecule has 0 aromatic heterocycles. The van der Waals surface area contributed by atoms with E-state index in [1.807, 2.05) is 24.3 Å². The van der Waals surface area contributed by atoms with Crippen molar-refractivity contribution in [3.8, 4) is 11.5 Å². The van der Waals surface area contributed by atoms with Gasteiger partial charge in [-0.2, -0.15) is 0 Å². The van der Waals surface area contributed by atoms with Crippen LogP contribution in [-0.2, 0) is 16.0 Å². The van der Waals surface area contributed by atoms with Crippen molar-refractivity contribution in [1.29, 1.82) is 0 Å². The molecule has 6 nitrogen and oxygen atoms in total. The van der Waals surface area contributed by atoms with E-state index in [0.717, 1.165) is 44.1 Å². The monoisotopic (exact) mass is 447 g/mol. The van der Waals surface area contributed by atoms with Crippen LogP contribution in [-0.4, -0.2) is 41.0 Å². The molecular formula is C27H29NO5. The molecule has 2 heterocycles. The second-order valence-electron chi connectivity index (χ2n) is 8.95. The van der Waals surface area contributed by atoms with Crippen molar-refractivity contribution in [3.63, 3.8) is 0 Å². The molecule has 1 aliphatic carbocycles. The van der Waals surface area contributed by atoms with Gasteiger partial charge < -0.3 is 19.5 Å². The maximum Gasteiger partial charge on any atom is 0.295 e. The number of hydrogen-bond acceptors (Lipinski definition) is 5. The summed E-state index contributed by atoms with van der Waals surface area (Å²) in [4.78, 5) is 28.3. The standard InChI is InChI=1S/C27H29NO5/c1-2-17-8-10-18(11-9-17)24-23(26(30)27(31)28(24)20-6-4-3-5-7-20)25(29)19-12-13-21-22(16-19)33-15-14-32-21/h8-13,16,20,24,29H,2-7,14-15H2,1H3/b25-23-. The number of ether oxygens (including phenoxy) is 2. The predicted octanol–water partition coefficient (Wildman–Crippen LogP) is 4.77. The van der Waals surface area contributed by atoms with Gasteiger partial charge in [0.05, 0.1) is 11.6 Å². The molecule has 33 heavy (non-hydrogen) atoms. The summed E-state index contributed by atoms with van der Waals surface area (Å²) in [6.45, 7) is 2.98. The molecule has 1 amide bonds. The number of fused-ring (bicyclic) bond motifs is 1. The Morgan fingerprint density at radius 1 is 0.970 bits per heavy atom. The molecule has 3 aliphatic rings. The number of carbonyl (C=O) groups is 2. The van der Waals surface area contributed by atoms with E-state index in [-0.39, 0.29) is 17.4 Å². The van der Waals surface area contributed by atoms with Gasteiger partial charge in [0.25, 0.3) is 11.7 Å². The number of Topliss-reactive ketones (excluding diaryl/α,β-unsaturated/α-hetero) is 1. The Morgan fingerprint density at radius 2 is 1.67 bits per heavy atom. The van der Waals surface area contributed by atoms with Gasteiger partial charge in [-0.3, -0.25) is 9.59 Å². The summed E-state index contributed by atoms with van der Waals surface area (Å²) < 4.78 is 11.2. The number of aliphatic hydroxyl groups is 1. The minimum absolute atomic E-state index is 0.00313. The third-order valence-electron chi connectivity index (χ3n) is 6.97. The summed E-state index contributed by atoms with van der Waals surface area (Å²) in [5.41, 5.74) is 2.61. The first-order valence-corrected chi connectivity index (χ1v) is 11.9. The van der Waals surface area contributed by atoms with Crippen LogP contribution in [0.5, 0.6) is 11.5 Å². The molecule has 1 unspecified atom stereocenters. The van der Waals surface area contributed by atoms with Crippen LogP contribution in [0.1, 0.15) is 61.8 Å². The Balaban J connectivity index is 1.62. The normalized spacial score (nSPS) is 22.6. The minimum atomic E-state index is -0.627. The lowest BCUT2D eigenvalue weighted by Crippen LogP contribution is -2.40. The number of nitrogens with zero attached hydrogens (tertiary/aromatic N) is 1. The number of amides is 1. The van der Waals surface area contributed by atoms with Crippen LogP contribution in [0.15, 0.2) is 48.0 Å². The Labute approximate surface area is 193 Å². The fraction of sp³-hybridized carbons (Fsp3) is 0.407. The Hall–Kier alpha value is -3.28. The van der Waals surface area contributed by atoms with Gasteiger partial charge in [-0.1, -0.05) is 50.5 Å². The maximum absolute atomic E-state index is 13.3. The first-order valence-electron chi connectivity index (χ1n) is 11.9. The SMILES string of the molecule is CCc1ccc(C2/C(=C(/O)c3ccc4c(c3)OCCO4)C(=O)C(=O)N2C2CCCCC2)cc1. The van der Waals surface area contributed by atoms with Gasteiger partial charge in [0.1, 0.15) is 19.0 Å². The van der Waals surface area contributed by atoms with Gasteiger partial charge in [0.2, 0.25) is 0 Å². The minimum Gasteiger partial charge on any atom is -0.507 e. The summed E-state index contributed by atoms with van der Waals surface area (Å²) in [7, 11) is 0. The molecule has 0 bridgehead atoms. The molecule has 2 fully saturated rings. The number of hydrogen-bond donors (Lipinski definition) is 1. The van der Waals surface area contributed by atoms with Gasteiger partial charge in [0.15, 0.2) is 11.5 Å². The second-order valence-corrected chi connectivity index (χ2v) is 8.95. The maximum atomic E-state index is 13.3. The van der Waals surface area contributed by atoms with Crippen molar-refractivity contribution in [2.75, 3.05) is 13.2 Å². The molecule has 0 spiro atoms. The number of aliphatic hydroxyl groups excluding tert-OH is 1. The zero-order chi connectivity index (χ0) is 22.9. The number of carbonyl (C=O) groups excluding carboxylic acids is 2. The summed E-state index contributed by atoms with van der Waals surface area (Å²) in [5, 5.41) is 11.3. The average molecular weight is 448 g/mol. The summed E-state index contributed by atoms with van der Waals surface area (Å²) >= 11 is 0. The van der Waals surface area contributed by atoms with Crippen LogP contribution >= 0.6 is 0 Å². The fourth-order valence-electron chi connectivity index (χ4n) is 5.19. The number of benzene rings is 2. The first kappa shape index (κ1) is 21.6. The van der Waals surface area contributed by atoms with Crippen molar-refractivity contribution in [1.82, 2.24) is 4.90 Å². The topological polar surface area (TPSA) is 76.1 Å². The van der Waals surface area contributed by atoms with Gasteiger partial charge in [-0.05, 0) is 48.6 Å². The van der Waals surface area contributed by atoms with E-state index in [0.29, 0.717) is 30.3 Å². The quantitative estimate of drug-likeness (QED) is 0.415. The smallest absolute Gasteiger partial charge is 0.295 e. The van der Waals surface area contributed by atoms with Crippen LogP contribution in [0.3, 0.4) is 0 Å². The third-order valence-corrected chi connectivity index (χ3v) is 6.97. The molecule has 6 heteroatoms. The number of likely N-dealkylation sites (tertiary alicyclic amines) is 1. The lowest BCUT2D eigenvalue weighted by molar-refractivity contribution is -0.141. The van der Waals surface area contributed by atoms with E-state index in [2.05, 4.69) is 6.92 Å². The predicted molar refractivity (Wildman–Crippen MR) is 124 cm³/mol. The molecule has 1 N–H and O–H groups in total. The Morgan fingerprint density at radius 3 is 2.36 bits per heavy atom. The van der Waals surface area contributed by atoms with Crippen LogP contribution in [0, 0.1) is 0 Å². The molecule has 2 aromatic carbocycles. The zero-order valence-electron chi connectivity index (χ0n) is 18.9. The van der Waals surface area contributed by atoms with Gasteiger partial charge in [0, 0.05) is 11.6 Å². The Kier molecular flexibility index (Phi) is 5.83. The van der Waals surface area contributed by atoms with Crippen molar-refractivity contribution >= 4 is 17.4 Å². The van der Waals surface area contributed by atoms with Gasteiger partial charge in [-0.25, -0.2) is 0 Å². The van der Waals surface area contributed by atoms with Crippen molar-refractivity contribution in [3.05, 3.63) is 64.7 Å². The van der Waals surface area contributed by atoms with Crippen molar-refractivity contribution < 1.29 is 24.2 Å². The number of ketones is 1. The van der Waals surface area contributed by atoms with Crippen molar-refractivity contribution in [2.24, 2.45) is 0 Å². The molecule has 2 aromatic rings. The number of rotatable bonds is 4. The molecular weight excluding hydrogens is 418 g/mol. The van der Waals surface area contributed by atoms with E-state index in [4.69, 9.17) is 9.47 Å². The lowest BCUT2D eigenvalue weighted by Gasteiger charge is -2.35. The summed E-state index contributed by atoms with van der Waals surface area (Å²) in [6, 6.07) is 12.5. The van der Waals surface area contributed by atoms with E-state index in [9.17, 15) is 14.7 Å². The highest BCUT2D eigenvalue weighted by atomic mass is 16.6. The van der Waals surface area contributed by atoms with E-state index in [1.165, 1.54) is 5.56 Å². The molecule has 1 saturated carbocycles. The van der Waals surface area contributed by atoms with Crippen LogP contribution < -0.4 is 9.47 Å². The van der Waals surface area contributed by atoms with Crippen LogP contribution in [0.4, 0.5) is 0 Å². The largest absolute Gasteiger partial charge is 0.507 e. The van der Waals surface area contributed by atoms with E-state index < -0.39 is 17.7 Å². The molecule has 172 valence electrons. The molecule has 0 radical (unpaired) electrons. The lowest BCUT2D eigenvalue weighted by atomic mass is 9.90. The highest BCUT2D eigenvalue weighted by Gasteiger charge is 2.48. The Bertz CT molecular complexity index is 1100. The first-order chi connectivity index (χ1) is 16.1. The molecule has 2 aliphatic heterocycles. The second kappa shape index (κ2) is 8.93. The summed E-state index contributed by atoms with van der Waals surface area (Å²) in [6.07, 6.45) is 5.88. The van der Waals surface area contributed by atoms with Gasteiger partial charge in [-0.15, -0.1) is 0 Å². The van der Waals surface area contributed by atoms with Crippen molar-refractivity contribution in [2.45, 2.75) is 57.5 Å². The van der Waals surface area contributed by atoms with Crippen LogP contribution in [0.2, 0.25) is 0 Å². The summed E-state index contributed by atoms with van der Waals surface area (Å²) in [5.74, 6) is -0.195. The third kappa shape index (κ3) is 3.88. The highest BCUT2D eigenvalue weighted by Crippen LogP contribution is 2.44. The van der Waals surface area contributed by atoms with E-state index >= 15 is 0 Å². The highest BCUT2D eigenvalue weighted by molar-refractivity contribution is 6.46. The van der Waals surface area contributed by atoms with Gasteiger partial charge >= 0.3 is 0 Å². The molecule has 1 atom stereocenters. The van der Waals surface area contributed by atoms with Crippen LogP contribution in [0.25, 0.3) is 5.76 Å². The van der Waals surface area contributed by atoms with E-state index in [1.54, 1.807) is 23.1 Å². The number of aryl methyl sites for hydroxylation is 1. The molecule has 1 saturated heterocycles.